The molecule has 0 saturated heterocycles. The summed E-state index contributed by atoms with van der Waals surface area (Å²) in [5, 5.41) is 0. The molecule has 0 N–H and O–H groups in total. The molecule has 0 aliphatic carbocycles. The highest BCUT2D eigenvalue weighted by molar-refractivity contribution is 5.90. The molecule has 1 heterocycles. The zero-order valence-electron chi connectivity index (χ0n) is 36.4. The lowest BCUT2D eigenvalue weighted by atomic mass is 9.87. The average Bonchev–Trinajstić information content (AvgIpc) is 3.42. The van der Waals surface area contributed by atoms with E-state index in [4.69, 9.17) is 4.98 Å². The maximum atomic E-state index is 4.72. The lowest BCUT2D eigenvalue weighted by Gasteiger charge is -2.17. The molecule has 10 aromatic carbocycles. The first-order chi connectivity index (χ1) is 32.7. The normalized spacial score (nSPS) is 11.0. The molecule has 0 bridgehead atoms. The first-order valence-electron chi connectivity index (χ1n) is 22.6. The summed E-state index contributed by atoms with van der Waals surface area (Å²) in [6, 6.07) is 96.7. The lowest BCUT2D eigenvalue weighted by Crippen LogP contribution is -1.91. The summed E-state index contributed by atoms with van der Waals surface area (Å²) < 4.78 is 0. The van der Waals surface area contributed by atoms with Gasteiger partial charge in [-0.3, -0.25) is 4.98 Å². The van der Waals surface area contributed by atoms with Gasteiger partial charge in [0, 0.05) is 11.8 Å². The van der Waals surface area contributed by atoms with Crippen molar-refractivity contribution in [3.05, 3.63) is 273 Å². The second-order valence-electron chi connectivity index (χ2n) is 16.8. The minimum Gasteiger partial charge on any atom is -0.256 e. The van der Waals surface area contributed by atoms with Gasteiger partial charge < -0.3 is 0 Å². The fourth-order valence-electron chi connectivity index (χ4n) is 9.05. The van der Waals surface area contributed by atoms with Crippen molar-refractivity contribution in [3.63, 3.8) is 0 Å². The summed E-state index contributed by atoms with van der Waals surface area (Å²) in [7, 11) is 0. The van der Waals surface area contributed by atoms with Crippen LogP contribution in [0, 0.1) is 0 Å². The molecule has 0 fully saturated rings. The molecule has 1 heteroatoms. The summed E-state index contributed by atoms with van der Waals surface area (Å²) in [6.45, 7) is 0. The Morgan fingerprint density at radius 1 is 0.152 bits per heavy atom. The molecule has 66 heavy (non-hydrogen) atoms. The zero-order valence-corrected chi connectivity index (χ0v) is 36.4. The number of aromatic nitrogens is 1. The number of hydrogen-bond donors (Lipinski definition) is 0. The number of pyridine rings is 1. The third-order valence-corrected chi connectivity index (χ3v) is 12.4. The molecular weight excluding hydrogens is 795 g/mol. The fraction of sp³-hybridized carbons (Fsp3) is 0. The van der Waals surface area contributed by atoms with Gasteiger partial charge in [0.15, 0.2) is 0 Å². The molecule has 11 aromatic rings. The van der Waals surface area contributed by atoms with Gasteiger partial charge in [0.1, 0.15) is 0 Å². The van der Waals surface area contributed by atoms with Crippen molar-refractivity contribution in [2.24, 2.45) is 0 Å². The first-order valence-corrected chi connectivity index (χ1v) is 22.6. The quantitative estimate of drug-likeness (QED) is 0.134. The van der Waals surface area contributed by atoms with Crippen LogP contribution < -0.4 is 0 Å². The first kappa shape index (κ1) is 40.1. The van der Waals surface area contributed by atoms with E-state index in [9.17, 15) is 0 Å². The number of nitrogens with zero attached hydrogens (tertiary/aromatic N) is 1. The van der Waals surface area contributed by atoms with Crippen LogP contribution in [0.15, 0.2) is 273 Å². The Balaban J connectivity index is 1.13. The molecule has 0 aliphatic rings. The van der Waals surface area contributed by atoms with E-state index >= 15 is 0 Å². The highest BCUT2D eigenvalue weighted by Crippen LogP contribution is 2.41. The topological polar surface area (TPSA) is 12.9 Å². The van der Waals surface area contributed by atoms with Gasteiger partial charge in [-0.2, -0.15) is 0 Å². The standard InChI is InChI=1S/C65H45N/c1-5-18-46(19-6-1)50-26-15-28-52(34-50)58-37-56(48-22-9-3-10-23-48)39-61(41-58)63-43-60(54-30-17-31-55(36-54)65-32-13-14-33-66-65)44-64(45-63)62-40-57(49-24-11-4-12-25-49)38-59(42-62)53-29-16-27-51(35-53)47-20-7-2-8-21-47/h1-45H. The summed E-state index contributed by atoms with van der Waals surface area (Å²) in [6.07, 6.45) is 1.86. The van der Waals surface area contributed by atoms with Crippen molar-refractivity contribution in [1.29, 1.82) is 0 Å². The predicted octanol–water partition coefficient (Wildman–Crippen LogP) is 17.8. The third kappa shape index (κ3) is 8.67. The van der Waals surface area contributed by atoms with Crippen LogP contribution in [0.5, 0.6) is 0 Å². The summed E-state index contributed by atoms with van der Waals surface area (Å²) >= 11 is 0. The second-order valence-corrected chi connectivity index (χ2v) is 16.8. The Morgan fingerprint density at radius 2 is 0.364 bits per heavy atom. The highest BCUT2D eigenvalue weighted by Gasteiger charge is 2.15. The number of hydrogen-bond acceptors (Lipinski definition) is 1. The van der Waals surface area contributed by atoms with E-state index in [0.29, 0.717) is 0 Å². The summed E-state index contributed by atoms with van der Waals surface area (Å²) in [5.74, 6) is 0. The van der Waals surface area contributed by atoms with Crippen LogP contribution in [0.1, 0.15) is 0 Å². The van der Waals surface area contributed by atoms with E-state index in [1.54, 1.807) is 0 Å². The van der Waals surface area contributed by atoms with E-state index < -0.39 is 0 Å². The van der Waals surface area contributed by atoms with Crippen LogP contribution >= 0.6 is 0 Å². The van der Waals surface area contributed by atoms with Gasteiger partial charge in [0.05, 0.1) is 5.69 Å². The van der Waals surface area contributed by atoms with E-state index in [0.717, 1.165) is 44.6 Å². The monoisotopic (exact) mass is 839 g/mol. The summed E-state index contributed by atoms with van der Waals surface area (Å²) in [5.41, 5.74) is 23.0. The van der Waals surface area contributed by atoms with Gasteiger partial charge in [-0.25, -0.2) is 0 Å². The largest absolute Gasteiger partial charge is 0.256 e. The molecule has 0 spiro atoms. The Bertz CT molecular complexity index is 3240. The van der Waals surface area contributed by atoms with Crippen LogP contribution in [0.4, 0.5) is 0 Å². The molecule has 0 aliphatic heterocycles. The molecule has 1 nitrogen and oxygen atoms in total. The Labute approximate surface area is 387 Å². The molecule has 0 radical (unpaired) electrons. The van der Waals surface area contributed by atoms with E-state index in [-0.39, 0.29) is 0 Å². The Kier molecular flexibility index (Phi) is 11.1. The number of benzene rings is 10. The average molecular weight is 840 g/mol. The molecule has 0 atom stereocenters. The molecule has 0 unspecified atom stereocenters. The SMILES string of the molecule is c1ccc(-c2cccc(-c3cc(-c4ccccc4)cc(-c4cc(-c5cc(-c6ccccc6)cc(-c6cccc(-c7ccccc7)c6)c5)cc(-c5cccc(-c6ccccn6)c5)c4)c3)c2)cc1. The third-order valence-electron chi connectivity index (χ3n) is 12.4. The van der Waals surface area contributed by atoms with Gasteiger partial charge in [-0.1, -0.05) is 182 Å². The van der Waals surface area contributed by atoms with Gasteiger partial charge >= 0.3 is 0 Å². The van der Waals surface area contributed by atoms with Crippen molar-refractivity contribution in [3.8, 4) is 111 Å². The molecular formula is C65H45N. The molecule has 0 amide bonds. The van der Waals surface area contributed by atoms with Crippen LogP contribution in [0.25, 0.3) is 111 Å². The number of rotatable bonds is 10. The van der Waals surface area contributed by atoms with Gasteiger partial charge in [-0.05, 0) is 185 Å². The molecule has 1 aromatic heterocycles. The van der Waals surface area contributed by atoms with Crippen molar-refractivity contribution in [2.75, 3.05) is 0 Å². The smallest absolute Gasteiger partial charge is 0.0702 e. The van der Waals surface area contributed by atoms with Crippen LogP contribution in [-0.2, 0) is 0 Å². The van der Waals surface area contributed by atoms with Crippen molar-refractivity contribution >= 4 is 0 Å². The Morgan fingerprint density at radius 3 is 0.682 bits per heavy atom. The van der Waals surface area contributed by atoms with E-state index in [1.165, 1.54) is 66.8 Å². The molecule has 0 saturated carbocycles. The highest BCUT2D eigenvalue weighted by atomic mass is 14.7. The van der Waals surface area contributed by atoms with Crippen molar-refractivity contribution in [1.82, 2.24) is 4.98 Å². The van der Waals surface area contributed by atoms with Gasteiger partial charge in [-0.15, -0.1) is 0 Å². The van der Waals surface area contributed by atoms with Gasteiger partial charge in [0.2, 0.25) is 0 Å². The van der Waals surface area contributed by atoms with Crippen molar-refractivity contribution in [2.45, 2.75) is 0 Å². The lowest BCUT2D eigenvalue weighted by molar-refractivity contribution is 1.33. The van der Waals surface area contributed by atoms with Crippen LogP contribution in [-0.4, -0.2) is 4.98 Å². The van der Waals surface area contributed by atoms with Crippen LogP contribution in [0.3, 0.4) is 0 Å². The van der Waals surface area contributed by atoms with E-state index in [1.807, 2.05) is 18.3 Å². The maximum Gasteiger partial charge on any atom is 0.0702 e. The maximum absolute atomic E-state index is 4.72. The van der Waals surface area contributed by atoms with Crippen LogP contribution in [0.2, 0.25) is 0 Å². The summed E-state index contributed by atoms with van der Waals surface area (Å²) in [4.78, 5) is 4.72. The zero-order chi connectivity index (χ0) is 44.1. The fourth-order valence-corrected chi connectivity index (χ4v) is 9.05. The second kappa shape index (κ2) is 18.2. The minimum absolute atomic E-state index is 0.951. The molecule has 310 valence electrons. The Hall–Kier alpha value is -8.65. The minimum atomic E-state index is 0.951. The molecule has 11 rings (SSSR count). The predicted molar refractivity (Wildman–Crippen MR) is 279 cm³/mol. The van der Waals surface area contributed by atoms with Crippen molar-refractivity contribution < 1.29 is 0 Å². The van der Waals surface area contributed by atoms with Gasteiger partial charge in [0.25, 0.3) is 0 Å². The van der Waals surface area contributed by atoms with E-state index in [2.05, 4.69) is 255 Å².